The molecule has 1 rings (SSSR count). The summed E-state index contributed by atoms with van der Waals surface area (Å²) in [6.07, 6.45) is 0. The third-order valence-electron chi connectivity index (χ3n) is 1.61. The van der Waals surface area contributed by atoms with Gasteiger partial charge < -0.3 is 0 Å². The van der Waals surface area contributed by atoms with Crippen molar-refractivity contribution >= 4 is 40.6 Å². The number of nitro benzene ring substituents is 1. The Morgan fingerprint density at radius 1 is 1.53 bits per heavy atom. The van der Waals surface area contributed by atoms with Crippen molar-refractivity contribution in [3.8, 4) is 0 Å². The molecular formula is C9H8ClN3O2. The summed E-state index contributed by atoms with van der Waals surface area (Å²) in [6, 6.07) is 4.12. The molecule has 0 saturated heterocycles. The molecule has 0 radical (unpaired) electrons. The number of non-ortho nitro benzene ring substituents is 1. The molecule has 78 valence electrons. The van der Waals surface area contributed by atoms with E-state index in [1.807, 2.05) is 0 Å². The summed E-state index contributed by atoms with van der Waals surface area (Å²) >= 11 is 5.59. The molecule has 0 aliphatic rings. The largest absolute Gasteiger partial charge is 0.271 e. The van der Waals surface area contributed by atoms with Crippen molar-refractivity contribution in [1.29, 1.82) is 0 Å². The van der Waals surface area contributed by atoms with Crippen LogP contribution < -0.4 is 0 Å². The summed E-state index contributed by atoms with van der Waals surface area (Å²) in [5.41, 5.74) is 0.742. The molecule has 0 saturated carbocycles. The standard InChI is InChI=1S/C9H8ClN3O2/c1-6(10)12-9-5-7(13(14)15)3-4-8(9)11-2/h3-5H,2H2,1H3/b12-6+. The normalized spacial score (nSPS) is 11.2. The molecule has 1 aromatic rings. The van der Waals surface area contributed by atoms with E-state index in [4.69, 9.17) is 11.6 Å². The second-order valence-electron chi connectivity index (χ2n) is 2.70. The Morgan fingerprint density at radius 3 is 2.67 bits per heavy atom. The van der Waals surface area contributed by atoms with Crippen molar-refractivity contribution in [2.75, 3.05) is 0 Å². The van der Waals surface area contributed by atoms with E-state index >= 15 is 0 Å². The molecule has 0 unspecified atom stereocenters. The molecular weight excluding hydrogens is 218 g/mol. The van der Waals surface area contributed by atoms with Gasteiger partial charge in [-0.2, -0.15) is 0 Å². The van der Waals surface area contributed by atoms with E-state index in [2.05, 4.69) is 16.7 Å². The topological polar surface area (TPSA) is 67.9 Å². The Morgan fingerprint density at radius 2 is 2.20 bits per heavy atom. The molecule has 0 amide bonds. The Kier molecular flexibility index (Phi) is 3.51. The highest BCUT2D eigenvalue weighted by Crippen LogP contribution is 2.31. The van der Waals surface area contributed by atoms with E-state index in [0.717, 1.165) is 0 Å². The van der Waals surface area contributed by atoms with Crippen LogP contribution >= 0.6 is 11.6 Å². The van der Waals surface area contributed by atoms with E-state index in [1.54, 1.807) is 6.92 Å². The van der Waals surface area contributed by atoms with E-state index in [9.17, 15) is 10.1 Å². The molecule has 0 aliphatic carbocycles. The van der Waals surface area contributed by atoms with Crippen LogP contribution in [0.1, 0.15) is 6.92 Å². The highest BCUT2D eigenvalue weighted by atomic mass is 35.5. The molecule has 15 heavy (non-hydrogen) atoms. The minimum Gasteiger partial charge on any atom is -0.262 e. The van der Waals surface area contributed by atoms with Gasteiger partial charge in [0.2, 0.25) is 0 Å². The number of hydrogen-bond donors (Lipinski definition) is 0. The van der Waals surface area contributed by atoms with Gasteiger partial charge in [-0.3, -0.25) is 15.1 Å². The molecule has 0 fully saturated rings. The van der Waals surface area contributed by atoms with E-state index in [1.165, 1.54) is 18.2 Å². The Labute approximate surface area is 91.3 Å². The Bertz CT molecular complexity index is 439. The van der Waals surface area contributed by atoms with Crippen molar-refractivity contribution in [2.45, 2.75) is 6.92 Å². The van der Waals surface area contributed by atoms with Crippen LogP contribution in [0, 0.1) is 10.1 Å². The third kappa shape index (κ3) is 2.85. The van der Waals surface area contributed by atoms with Crippen molar-refractivity contribution in [3.05, 3.63) is 28.3 Å². The van der Waals surface area contributed by atoms with E-state index < -0.39 is 4.92 Å². The molecule has 0 aromatic heterocycles. The van der Waals surface area contributed by atoms with Crippen LogP contribution in [0.4, 0.5) is 17.1 Å². The first kappa shape index (κ1) is 11.3. The zero-order chi connectivity index (χ0) is 11.4. The predicted octanol–water partition coefficient (Wildman–Crippen LogP) is 3.22. The summed E-state index contributed by atoms with van der Waals surface area (Å²) in [6.45, 7) is 4.92. The third-order valence-corrected chi connectivity index (χ3v) is 1.70. The van der Waals surface area contributed by atoms with Gasteiger partial charge in [-0.05, 0) is 19.7 Å². The first-order valence-electron chi connectivity index (χ1n) is 4.00. The maximum atomic E-state index is 10.5. The van der Waals surface area contributed by atoms with Gasteiger partial charge in [0, 0.05) is 12.1 Å². The van der Waals surface area contributed by atoms with Crippen LogP contribution in [-0.2, 0) is 0 Å². The maximum Gasteiger partial charge on any atom is 0.271 e. The number of nitro groups is 1. The Balaban J connectivity index is 3.31. The first-order chi connectivity index (χ1) is 7.04. The van der Waals surface area contributed by atoms with E-state index in [0.29, 0.717) is 11.4 Å². The fraction of sp³-hybridized carbons (Fsp3) is 0.111. The lowest BCUT2D eigenvalue weighted by atomic mass is 10.2. The number of nitrogens with zero attached hydrogens (tertiary/aromatic N) is 3. The maximum absolute atomic E-state index is 10.5. The second-order valence-corrected chi connectivity index (χ2v) is 3.24. The molecule has 5 nitrogen and oxygen atoms in total. The molecule has 6 heteroatoms. The van der Waals surface area contributed by atoms with E-state index in [-0.39, 0.29) is 10.9 Å². The minimum absolute atomic E-state index is 0.0564. The molecule has 0 N–H and O–H groups in total. The quantitative estimate of drug-likeness (QED) is 0.450. The zero-order valence-corrected chi connectivity index (χ0v) is 8.73. The fourth-order valence-electron chi connectivity index (χ4n) is 1.01. The number of hydrogen-bond acceptors (Lipinski definition) is 4. The lowest BCUT2D eigenvalue weighted by molar-refractivity contribution is -0.384. The summed E-state index contributed by atoms with van der Waals surface area (Å²) in [7, 11) is 0. The molecule has 0 atom stereocenters. The van der Waals surface area contributed by atoms with Gasteiger partial charge in [-0.25, -0.2) is 4.99 Å². The predicted molar refractivity (Wildman–Crippen MR) is 60.9 cm³/mol. The molecule has 0 spiro atoms. The molecule has 0 bridgehead atoms. The van der Waals surface area contributed by atoms with Crippen LogP contribution in [0.15, 0.2) is 28.2 Å². The van der Waals surface area contributed by atoms with Crippen molar-refractivity contribution < 1.29 is 4.92 Å². The summed E-state index contributed by atoms with van der Waals surface area (Å²) in [5, 5.41) is 10.8. The van der Waals surface area contributed by atoms with Crippen molar-refractivity contribution in [3.63, 3.8) is 0 Å². The number of benzene rings is 1. The van der Waals surface area contributed by atoms with Crippen LogP contribution in [0.25, 0.3) is 0 Å². The minimum atomic E-state index is -0.505. The van der Waals surface area contributed by atoms with Gasteiger partial charge in [0.05, 0.1) is 16.3 Å². The smallest absolute Gasteiger partial charge is 0.262 e. The molecule has 1 aromatic carbocycles. The van der Waals surface area contributed by atoms with Crippen LogP contribution in [0.2, 0.25) is 0 Å². The highest BCUT2D eigenvalue weighted by molar-refractivity contribution is 6.65. The van der Waals surface area contributed by atoms with Crippen molar-refractivity contribution in [2.24, 2.45) is 9.98 Å². The highest BCUT2D eigenvalue weighted by Gasteiger charge is 2.09. The second kappa shape index (κ2) is 4.65. The molecule has 0 aliphatic heterocycles. The van der Waals surface area contributed by atoms with Crippen LogP contribution in [0.3, 0.4) is 0 Å². The molecule has 0 heterocycles. The summed E-state index contributed by atoms with van der Waals surface area (Å²) < 4.78 is 0. The van der Waals surface area contributed by atoms with Crippen molar-refractivity contribution in [1.82, 2.24) is 0 Å². The zero-order valence-electron chi connectivity index (χ0n) is 7.98. The monoisotopic (exact) mass is 225 g/mol. The van der Waals surface area contributed by atoms with Crippen LogP contribution in [-0.4, -0.2) is 16.8 Å². The number of halogens is 1. The van der Waals surface area contributed by atoms with Gasteiger partial charge in [-0.15, -0.1) is 0 Å². The van der Waals surface area contributed by atoms with Gasteiger partial charge in [0.15, 0.2) is 0 Å². The number of aliphatic imine (C=N–C) groups is 2. The first-order valence-corrected chi connectivity index (χ1v) is 4.38. The fourth-order valence-corrected chi connectivity index (χ4v) is 1.11. The van der Waals surface area contributed by atoms with Gasteiger partial charge in [0.1, 0.15) is 5.17 Å². The van der Waals surface area contributed by atoms with Crippen LogP contribution in [0.5, 0.6) is 0 Å². The summed E-state index contributed by atoms with van der Waals surface area (Å²) in [5.74, 6) is 0. The SMILES string of the molecule is C=Nc1ccc([N+](=O)[O-])cc1/N=C(\C)Cl. The lowest BCUT2D eigenvalue weighted by Crippen LogP contribution is -1.87. The Hall–Kier alpha value is -1.75. The summed E-state index contributed by atoms with van der Waals surface area (Å²) in [4.78, 5) is 17.6. The average molecular weight is 226 g/mol. The van der Waals surface area contributed by atoms with Gasteiger partial charge in [0.25, 0.3) is 5.69 Å². The number of rotatable bonds is 3. The lowest BCUT2D eigenvalue weighted by Gasteiger charge is -1.99. The van der Waals surface area contributed by atoms with Gasteiger partial charge >= 0.3 is 0 Å². The average Bonchev–Trinajstić information content (AvgIpc) is 2.16. The van der Waals surface area contributed by atoms with Gasteiger partial charge in [-0.1, -0.05) is 11.6 Å².